The van der Waals surface area contributed by atoms with Crippen molar-refractivity contribution in [3.05, 3.63) is 30.8 Å². The Labute approximate surface area is 130 Å². The molecule has 7 heteroatoms. The van der Waals surface area contributed by atoms with E-state index in [1.165, 1.54) is 0 Å². The second-order valence-corrected chi connectivity index (χ2v) is 5.43. The molecule has 1 fully saturated rings. The molecule has 1 atom stereocenters. The van der Waals surface area contributed by atoms with E-state index >= 15 is 0 Å². The zero-order valence-electron chi connectivity index (χ0n) is 12.6. The van der Waals surface area contributed by atoms with Crippen LogP contribution in [0.15, 0.2) is 35.8 Å². The molecule has 1 aromatic rings. The van der Waals surface area contributed by atoms with Crippen LogP contribution in [0.4, 0.5) is 5.95 Å². The quantitative estimate of drug-likeness (QED) is 0.651. The van der Waals surface area contributed by atoms with Gasteiger partial charge < -0.3 is 20.3 Å². The number of rotatable bonds is 3. The molecule has 2 N–H and O–H groups in total. The van der Waals surface area contributed by atoms with Gasteiger partial charge in [0.1, 0.15) is 6.10 Å². The van der Waals surface area contributed by atoms with Crippen LogP contribution < -0.4 is 10.6 Å². The average molecular weight is 302 g/mol. The van der Waals surface area contributed by atoms with Gasteiger partial charge in [-0.05, 0) is 25.0 Å². The van der Waals surface area contributed by atoms with E-state index in [0.29, 0.717) is 12.5 Å². The molecule has 3 rings (SSSR count). The highest BCUT2D eigenvalue weighted by molar-refractivity contribution is 5.78. The smallest absolute Gasteiger partial charge is 0.225 e. The van der Waals surface area contributed by atoms with Crippen molar-refractivity contribution >= 4 is 11.9 Å². The van der Waals surface area contributed by atoms with Crippen LogP contribution in [-0.4, -0.2) is 59.7 Å². The summed E-state index contributed by atoms with van der Waals surface area (Å²) in [4.78, 5) is 17.3. The number of ether oxygens (including phenoxy) is 1. The van der Waals surface area contributed by atoms with E-state index in [4.69, 9.17) is 10.5 Å². The van der Waals surface area contributed by atoms with Crippen molar-refractivity contribution in [2.45, 2.75) is 18.9 Å². The SMILES string of the molecule is NC(=NCC1CCC=CO1)N1CCN(c2ncccn2)CC1. The molecule has 0 aliphatic carbocycles. The van der Waals surface area contributed by atoms with Crippen molar-refractivity contribution in [2.75, 3.05) is 37.6 Å². The highest BCUT2D eigenvalue weighted by atomic mass is 16.5. The van der Waals surface area contributed by atoms with Gasteiger partial charge in [0.05, 0.1) is 12.8 Å². The first-order valence-electron chi connectivity index (χ1n) is 7.70. The third-order valence-electron chi connectivity index (χ3n) is 3.92. The number of guanidine groups is 1. The topological polar surface area (TPSA) is 79.9 Å². The number of piperazine rings is 1. The minimum atomic E-state index is 0.155. The van der Waals surface area contributed by atoms with Crippen LogP contribution in [0.2, 0.25) is 0 Å². The fourth-order valence-electron chi connectivity index (χ4n) is 2.60. The molecular formula is C15H22N6O. The molecular weight excluding hydrogens is 280 g/mol. The fraction of sp³-hybridized carbons (Fsp3) is 0.533. The zero-order valence-corrected chi connectivity index (χ0v) is 12.6. The Morgan fingerprint density at radius 3 is 2.73 bits per heavy atom. The van der Waals surface area contributed by atoms with Crippen molar-refractivity contribution in [2.24, 2.45) is 10.7 Å². The highest BCUT2D eigenvalue weighted by Gasteiger charge is 2.20. The Morgan fingerprint density at radius 1 is 1.27 bits per heavy atom. The van der Waals surface area contributed by atoms with Gasteiger partial charge in [0.2, 0.25) is 5.95 Å². The largest absolute Gasteiger partial charge is 0.496 e. The summed E-state index contributed by atoms with van der Waals surface area (Å²) in [5, 5.41) is 0. The highest BCUT2D eigenvalue weighted by Crippen LogP contribution is 2.12. The standard InChI is InChI=1S/C15H22N6O/c16-14(19-12-13-4-1-2-11-22-13)20-7-9-21(10-8-20)15-17-5-3-6-18-15/h2-3,5-6,11,13H,1,4,7-10,12H2,(H2,16,19). The summed E-state index contributed by atoms with van der Waals surface area (Å²) in [6.07, 6.45) is 9.55. The van der Waals surface area contributed by atoms with Gasteiger partial charge in [-0.3, -0.25) is 0 Å². The van der Waals surface area contributed by atoms with Gasteiger partial charge >= 0.3 is 0 Å². The average Bonchev–Trinajstić information content (AvgIpc) is 2.61. The number of hydrogen-bond acceptors (Lipinski definition) is 5. The molecule has 7 nitrogen and oxygen atoms in total. The summed E-state index contributed by atoms with van der Waals surface area (Å²) in [7, 11) is 0. The lowest BCUT2D eigenvalue weighted by molar-refractivity contribution is 0.131. The molecule has 1 unspecified atom stereocenters. The van der Waals surface area contributed by atoms with Crippen LogP contribution in [0.3, 0.4) is 0 Å². The number of nitrogens with two attached hydrogens (primary N) is 1. The van der Waals surface area contributed by atoms with Gasteiger partial charge in [-0.15, -0.1) is 0 Å². The molecule has 0 amide bonds. The van der Waals surface area contributed by atoms with Crippen molar-refractivity contribution in [1.29, 1.82) is 0 Å². The number of aromatic nitrogens is 2. The van der Waals surface area contributed by atoms with Gasteiger partial charge in [-0.2, -0.15) is 0 Å². The number of aliphatic imine (C=N–C) groups is 1. The predicted octanol–water partition coefficient (Wildman–Crippen LogP) is 0.606. The van der Waals surface area contributed by atoms with E-state index in [1.54, 1.807) is 18.7 Å². The molecule has 2 aliphatic heterocycles. The predicted molar refractivity (Wildman–Crippen MR) is 85.6 cm³/mol. The van der Waals surface area contributed by atoms with Gasteiger partial charge in [-0.1, -0.05) is 0 Å². The van der Waals surface area contributed by atoms with Crippen LogP contribution in [0.1, 0.15) is 12.8 Å². The number of anilines is 1. The van der Waals surface area contributed by atoms with E-state index in [9.17, 15) is 0 Å². The molecule has 1 aromatic heterocycles. The summed E-state index contributed by atoms with van der Waals surface area (Å²) in [6, 6.07) is 1.83. The van der Waals surface area contributed by atoms with E-state index in [1.807, 2.05) is 12.1 Å². The first-order valence-corrected chi connectivity index (χ1v) is 7.70. The summed E-state index contributed by atoms with van der Waals surface area (Å²) in [6.45, 7) is 3.99. The van der Waals surface area contributed by atoms with Crippen LogP contribution in [0.5, 0.6) is 0 Å². The summed E-state index contributed by atoms with van der Waals surface area (Å²) >= 11 is 0. The Hall–Kier alpha value is -2.31. The Morgan fingerprint density at radius 2 is 2.05 bits per heavy atom. The minimum Gasteiger partial charge on any atom is -0.496 e. The molecule has 22 heavy (non-hydrogen) atoms. The lowest BCUT2D eigenvalue weighted by Crippen LogP contribution is -2.51. The molecule has 0 spiro atoms. The Kier molecular flexibility index (Phi) is 4.72. The number of allylic oxidation sites excluding steroid dienone is 1. The molecule has 0 bridgehead atoms. The van der Waals surface area contributed by atoms with Crippen LogP contribution in [0.25, 0.3) is 0 Å². The Balaban J connectivity index is 1.49. The van der Waals surface area contributed by atoms with Crippen LogP contribution in [-0.2, 0) is 4.74 Å². The number of nitrogens with zero attached hydrogens (tertiary/aromatic N) is 5. The van der Waals surface area contributed by atoms with Gasteiger partial charge in [0, 0.05) is 38.6 Å². The van der Waals surface area contributed by atoms with Crippen molar-refractivity contribution in [3.63, 3.8) is 0 Å². The maximum Gasteiger partial charge on any atom is 0.225 e. The second kappa shape index (κ2) is 7.11. The fourth-order valence-corrected chi connectivity index (χ4v) is 2.60. The summed E-state index contributed by atoms with van der Waals surface area (Å²) in [5.74, 6) is 1.38. The molecule has 3 heterocycles. The third kappa shape index (κ3) is 3.66. The van der Waals surface area contributed by atoms with Crippen LogP contribution >= 0.6 is 0 Å². The molecule has 2 aliphatic rings. The summed E-state index contributed by atoms with van der Waals surface area (Å²) < 4.78 is 5.50. The maximum atomic E-state index is 6.10. The first-order chi connectivity index (χ1) is 10.8. The van der Waals surface area contributed by atoms with Crippen LogP contribution in [0, 0.1) is 0 Å². The lowest BCUT2D eigenvalue weighted by atomic mass is 10.2. The van der Waals surface area contributed by atoms with Gasteiger partial charge in [-0.25, -0.2) is 15.0 Å². The first kappa shape index (κ1) is 14.6. The van der Waals surface area contributed by atoms with E-state index in [-0.39, 0.29) is 6.10 Å². The van der Waals surface area contributed by atoms with Crippen molar-refractivity contribution in [3.8, 4) is 0 Å². The zero-order chi connectivity index (χ0) is 15.2. The molecule has 1 saturated heterocycles. The van der Waals surface area contributed by atoms with Crippen molar-refractivity contribution in [1.82, 2.24) is 14.9 Å². The second-order valence-electron chi connectivity index (χ2n) is 5.43. The third-order valence-corrected chi connectivity index (χ3v) is 3.92. The molecule has 0 radical (unpaired) electrons. The molecule has 0 saturated carbocycles. The van der Waals surface area contributed by atoms with Crippen molar-refractivity contribution < 1.29 is 4.74 Å². The van der Waals surface area contributed by atoms with E-state index in [2.05, 4.69) is 24.8 Å². The lowest BCUT2D eigenvalue weighted by Gasteiger charge is -2.35. The Bertz CT molecular complexity index is 524. The number of hydrogen-bond donors (Lipinski definition) is 1. The minimum absolute atomic E-state index is 0.155. The van der Waals surface area contributed by atoms with Gasteiger partial charge in [0.15, 0.2) is 5.96 Å². The van der Waals surface area contributed by atoms with E-state index < -0.39 is 0 Å². The molecule has 118 valence electrons. The van der Waals surface area contributed by atoms with Gasteiger partial charge in [0.25, 0.3) is 0 Å². The van der Waals surface area contributed by atoms with E-state index in [0.717, 1.165) is 45.0 Å². The normalized spacial score (nSPS) is 22.5. The summed E-state index contributed by atoms with van der Waals surface area (Å²) in [5.41, 5.74) is 6.10. The molecule has 0 aromatic carbocycles. The maximum absolute atomic E-state index is 6.10. The monoisotopic (exact) mass is 302 g/mol.